The summed E-state index contributed by atoms with van der Waals surface area (Å²) in [5.41, 5.74) is 1.21. The molecule has 0 radical (unpaired) electrons. The van der Waals surface area contributed by atoms with Crippen LogP contribution in [0.3, 0.4) is 0 Å². The molecule has 0 aromatic carbocycles. The van der Waals surface area contributed by atoms with Gasteiger partial charge in [0.15, 0.2) is 0 Å². The van der Waals surface area contributed by atoms with Gasteiger partial charge in [-0.25, -0.2) is 4.98 Å². The maximum Gasteiger partial charge on any atom is 0.239 e. The van der Waals surface area contributed by atoms with Crippen LogP contribution in [0.15, 0.2) is 18.3 Å². The van der Waals surface area contributed by atoms with E-state index in [-0.39, 0.29) is 5.91 Å². The molecule has 0 bridgehead atoms. The van der Waals surface area contributed by atoms with E-state index >= 15 is 0 Å². The molecular weight excluding hydrogens is 240 g/mol. The average Bonchev–Trinajstić information content (AvgIpc) is 2.45. The molecule has 0 spiro atoms. The zero-order chi connectivity index (χ0) is 13.7. The third-order valence-corrected chi connectivity index (χ3v) is 3.33. The van der Waals surface area contributed by atoms with Crippen LogP contribution in [0.4, 0.5) is 5.82 Å². The second-order valence-corrected chi connectivity index (χ2v) is 4.89. The largest absolute Gasteiger partial charge is 0.353 e. The Labute approximate surface area is 114 Å². The number of aromatic nitrogens is 1. The number of carbonyl (C=O) groups excluding carboxylic acids is 1. The quantitative estimate of drug-likeness (QED) is 0.833. The number of pyridine rings is 1. The number of hydrogen-bond acceptors (Lipinski definition) is 4. The third-order valence-electron chi connectivity index (χ3n) is 3.33. The van der Waals surface area contributed by atoms with Gasteiger partial charge >= 0.3 is 0 Å². The molecule has 1 fully saturated rings. The predicted molar refractivity (Wildman–Crippen MR) is 76.2 cm³/mol. The first kappa shape index (κ1) is 13.8. The highest BCUT2D eigenvalue weighted by Crippen LogP contribution is 2.18. The summed E-state index contributed by atoms with van der Waals surface area (Å²) in [6, 6.07) is 4.41. The number of anilines is 1. The van der Waals surface area contributed by atoms with E-state index in [0.717, 1.165) is 25.3 Å². The Morgan fingerprint density at radius 3 is 3.16 bits per heavy atom. The maximum absolute atomic E-state index is 11.4. The number of nitrogens with zero attached hydrogens (tertiary/aromatic N) is 2. The molecule has 1 unspecified atom stereocenters. The Kier molecular flexibility index (Phi) is 4.74. The Morgan fingerprint density at radius 1 is 1.58 bits per heavy atom. The molecule has 104 valence electrons. The fraction of sp³-hybridized carbons (Fsp3) is 0.571. The van der Waals surface area contributed by atoms with Crippen molar-refractivity contribution < 1.29 is 4.79 Å². The lowest BCUT2D eigenvalue weighted by atomic mass is 10.1. The molecular formula is C14H22N4O. The SMILES string of the molecule is CCCNC(C)c1ccnc(N2CCNC(=O)C2)c1. The van der Waals surface area contributed by atoms with Crippen molar-refractivity contribution in [3.63, 3.8) is 0 Å². The van der Waals surface area contributed by atoms with Gasteiger partial charge in [0.05, 0.1) is 6.54 Å². The lowest BCUT2D eigenvalue weighted by Gasteiger charge is -2.28. The number of nitrogens with one attached hydrogen (secondary N) is 2. The summed E-state index contributed by atoms with van der Waals surface area (Å²) >= 11 is 0. The van der Waals surface area contributed by atoms with Crippen LogP contribution in [0.25, 0.3) is 0 Å². The molecule has 1 atom stereocenters. The topological polar surface area (TPSA) is 57.3 Å². The van der Waals surface area contributed by atoms with E-state index in [2.05, 4.69) is 35.5 Å². The normalized spacial score (nSPS) is 17.2. The summed E-state index contributed by atoms with van der Waals surface area (Å²) in [6.07, 6.45) is 2.94. The van der Waals surface area contributed by atoms with Crippen LogP contribution in [0.5, 0.6) is 0 Å². The standard InChI is InChI=1S/C14H22N4O/c1-3-5-15-11(2)12-4-6-16-13(9-12)18-8-7-17-14(19)10-18/h4,6,9,11,15H,3,5,7-8,10H2,1-2H3,(H,17,19). The summed E-state index contributed by atoms with van der Waals surface area (Å²) in [5, 5.41) is 6.29. The lowest BCUT2D eigenvalue weighted by molar-refractivity contribution is -0.120. The van der Waals surface area contributed by atoms with E-state index in [0.29, 0.717) is 19.1 Å². The van der Waals surface area contributed by atoms with Gasteiger partial charge in [-0.3, -0.25) is 4.79 Å². The van der Waals surface area contributed by atoms with Crippen LogP contribution < -0.4 is 15.5 Å². The Hall–Kier alpha value is -1.62. The zero-order valence-electron chi connectivity index (χ0n) is 11.6. The van der Waals surface area contributed by atoms with Gasteiger partial charge in [0.2, 0.25) is 5.91 Å². The molecule has 1 amide bonds. The summed E-state index contributed by atoms with van der Waals surface area (Å²) < 4.78 is 0. The summed E-state index contributed by atoms with van der Waals surface area (Å²) in [5.74, 6) is 0.952. The Balaban J connectivity index is 2.07. The maximum atomic E-state index is 11.4. The van der Waals surface area contributed by atoms with Gasteiger partial charge in [-0.1, -0.05) is 6.92 Å². The lowest BCUT2D eigenvalue weighted by Crippen LogP contribution is -2.48. The molecule has 5 nitrogen and oxygen atoms in total. The van der Waals surface area contributed by atoms with E-state index in [1.165, 1.54) is 5.56 Å². The molecule has 1 aliphatic heterocycles. The van der Waals surface area contributed by atoms with E-state index in [1.54, 1.807) is 0 Å². The van der Waals surface area contributed by atoms with Crippen LogP contribution in [0.1, 0.15) is 31.9 Å². The minimum Gasteiger partial charge on any atom is -0.353 e. The fourth-order valence-corrected chi connectivity index (χ4v) is 2.19. The van der Waals surface area contributed by atoms with Crippen molar-refractivity contribution in [2.45, 2.75) is 26.3 Å². The first-order valence-electron chi connectivity index (χ1n) is 6.91. The van der Waals surface area contributed by atoms with Crippen LogP contribution in [0.2, 0.25) is 0 Å². The molecule has 0 saturated carbocycles. The van der Waals surface area contributed by atoms with Gasteiger partial charge in [-0.15, -0.1) is 0 Å². The Bertz CT molecular complexity index is 435. The highest BCUT2D eigenvalue weighted by Gasteiger charge is 2.18. The molecule has 5 heteroatoms. The highest BCUT2D eigenvalue weighted by molar-refractivity contribution is 5.82. The third kappa shape index (κ3) is 3.67. The van der Waals surface area contributed by atoms with Crippen molar-refractivity contribution in [2.75, 3.05) is 31.1 Å². The minimum absolute atomic E-state index is 0.0654. The average molecular weight is 262 g/mol. The molecule has 1 aromatic rings. The zero-order valence-corrected chi connectivity index (χ0v) is 11.6. The number of piperazine rings is 1. The van der Waals surface area contributed by atoms with Gasteiger partial charge in [-0.05, 0) is 37.6 Å². The van der Waals surface area contributed by atoms with Crippen molar-refractivity contribution in [1.29, 1.82) is 0 Å². The van der Waals surface area contributed by atoms with E-state index < -0.39 is 0 Å². The van der Waals surface area contributed by atoms with Crippen molar-refractivity contribution >= 4 is 11.7 Å². The monoisotopic (exact) mass is 262 g/mol. The van der Waals surface area contributed by atoms with Crippen LogP contribution >= 0.6 is 0 Å². The summed E-state index contributed by atoms with van der Waals surface area (Å²) in [7, 11) is 0. The second kappa shape index (κ2) is 6.52. The van der Waals surface area contributed by atoms with E-state index in [4.69, 9.17) is 0 Å². The summed E-state index contributed by atoms with van der Waals surface area (Å²) in [6.45, 7) is 7.22. The van der Waals surface area contributed by atoms with Gasteiger partial charge in [-0.2, -0.15) is 0 Å². The molecule has 1 saturated heterocycles. The first-order chi connectivity index (χ1) is 9.20. The first-order valence-corrected chi connectivity index (χ1v) is 6.91. The molecule has 1 aromatic heterocycles. The Morgan fingerprint density at radius 2 is 2.42 bits per heavy atom. The van der Waals surface area contributed by atoms with Crippen LogP contribution in [-0.2, 0) is 4.79 Å². The molecule has 1 aliphatic rings. The van der Waals surface area contributed by atoms with Crippen molar-refractivity contribution in [3.8, 4) is 0 Å². The van der Waals surface area contributed by atoms with Crippen molar-refractivity contribution in [1.82, 2.24) is 15.6 Å². The molecule has 19 heavy (non-hydrogen) atoms. The molecule has 2 rings (SSSR count). The molecule has 2 N–H and O–H groups in total. The smallest absolute Gasteiger partial charge is 0.239 e. The number of carbonyl (C=O) groups is 1. The van der Waals surface area contributed by atoms with E-state index in [9.17, 15) is 4.79 Å². The second-order valence-electron chi connectivity index (χ2n) is 4.89. The van der Waals surface area contributed by atoms with Gasteiger partial charge < -0.3 is 15.5 Å². The predicted octanol–water partition coefficient (Wildman–Crippen LogP) is 1.08. The van der Waals surface area contributed by atoms with Crippen LogP contribution in [0, 0.1) is 0 Å². The van der Waals surface area contributed by atoms with E-state index in [1.807, 2.05) is 17.2 Å². The van der Waals surface area contributed by atoms with Gasteiger partial charge in [0.25, 0.3) is 0 Å². The minimum atomic E-state index is 0.0654. The molecule has 2 heterocycles. The molecule has 0 aliphatic carbocycles. The fourth-order valence-electron chi connectivity index (χ4n) is 2.19. The van der Waals surface area contributed by atoms with Crippen molar-refractivity contribution in [2.24, 2.45) is 0 Å². The number of amides is 1. The summed E-state index contributed by atoms with van der Waals surface area (Å²) in [4.78, 5) is 17.8. The van der Waals surface area contributed by atoms with Crippen LogP contribution in [-0.4, -0.2) is 37.1 Å². The van der Waals surface area contributed by atoms with Gasteiger partial charge in [0, 0.05) is 25.3 Å². The van der Waals surface area contributed by atoms with Gasteiger partial charge in [0.1, 0.15) is 5.82 Å². The highest BCUT2D eigenvalue weighted by atomic mass is 16.2. The van der Waals surface area contributed by atoms with Crippen molar-refractivity contribution in [3.05, 3.63) is 23.9 Å². The number of hydrogen-bond donors (Lipinski definition) is 2. The number of rotatable bonds is 5.